The Balaban J connectivity index is 1.97. The molecule has 0 radical (unpaired) electrons. The van der Waals surface area contributed by atoms with E-state index in [-0.39, 0.29) is 5.82 Å². The van der Waals surface area contributed by atoms with Gasteiger partial charge in [0.05, 0.1) is 15.5 Å². The Hall–Kier alpha value is -0.750. The maximum atomic E-state index is 13.7. The molecule has 1 aromatic carbocycles. The van der Waals surface area contributed by atoms with Crippen molar-refractivity contribution in [2.45, 2.75) is 19.4 Å². The number of hydrogen-bond donors (Lipinski definition) is 1. The Morgan fingerprint density at radius 1 is 1.42 bits per heavy atom. The smallest absolute Gasteiger partial charge is 0.201 e. The molecule has 0 spiro atoms. The van der Waals surface area contributed by atoms with Crippen LogP contribution in [-0.2, 0) is 6.54 Å². The SMILES string of the molecule is Nc1nc2cc(Br)c(F)cc2n1CC1CCSCC1. The average molecular weight is 344 g/mol. The molecule has 3 rings (SSSR count). The molecule has 102 valence electrons. The zero-order valence-electron chi connectivity index (χ0n) is 10.4. The average Bonchev–Trinajstić information content (AvgIpc) is 2.68. The van der Waals surface area contributed by atoms with Crippen molar-refractivity contribution < 1.29 is 4.39 Å². The highest BCUT2D eigenvalue weighted by Crippen LogP contribution is 2.29. The Bertz CT molecular complexity index is 607. The molecule has 1 saturated heterocycles. The fourth-order valence-electron chi connectivity index (χ4n) is 2.52. The molecule has 0 unspecified atom stereocenters. The van der Waals surface area contributed by atoms with Gasteiger partial charge in [0, 0.05) is 12.6 Å². The number of rotatable bonds is 2. The van der Waals surface area contributed by atoms with Crippen molar-refractivity contribution in [3.05, 3.63) is 22.4 Å². The summed E-state index contributed by atoms with van der Waals surface area (Å²) in [5, 5.41) is 0. The van der Waals surface area contributed by atoms with Gasteiger partial charge < -0.3 is 10.3 Å². The van der Waals surface area contributed by atoms with Gasteiger partial charge in [-0.1, -0.05) is 0 Å². The molecule has 2 heterocycles. The molecule has 1 aliphatic heterocycles. The highest BCUT2D eigenvalue weighted by Gasteiger charge is 2.18. The number of anilines is 1. The van der Waals surface area contributed by atoms with Gasteiger partial charge in [-0.05, 0) is 52.3 Å². The van der Waals surface area contributed by atoms with Crippen molar-refractivity contribution in [3.63, 3.8) is 0 Å². The molecule has 2 N–H and O–H groups in total. The molecule has 0 saturated carbocycles. The topological polar surface area (TPSA) is 43.8 Å². The Morgan fingerprint density at radius 2 is 2.16 bits per heavy atom. The summed E-state index contributed by atoms with van der Waals surface area (Å²) in [4.78, 5) is 4.32. The minimum Gasteiger partial charge on any atom is -0.369 e. The van der Waals surface area contributed by atoms with Crippen LogP contribution in [0, 0.1) is 11.7 Å². The lowest BCUT2D eigenvalue weighted by atomic mass is 10.0. The van der Waals surface area contributed by atoms with Crippen LogP contribution in [0.15, 0.2) is 16.6 Å². The monoisotopic (exact) mass is 343 g/mol. The van der Waals surface area contributed by atoms with E-state index in [1.165, 1.54) is 30.4 Å². The highest BCUT2D eigenvalue weighted by atomic mass is 79.9. The van der Waals surface area contributed by atoms with E-state index in [1.807, 2.05) is 16.3 Å². The molecule has 6 heteroatoms. The first-order valence-corrected chi connectivity index (χ1v) is 8.28. The zero-order chi connectivity index (χ0) is 13.4. The normalized spacial score (nSPS) is 17.2. The first-order chi connectivity index (χ1) is 9.15. The van der Waals surface area contributed by atoms with Gasteiger partial charge in [-0.2, -0.15) is 11.8 Å². The number of nitrogens with two attached hydrogens (primary N) is 1. The standard InChI is InChI=1S/C13H15BrFN3S/c14-9-5-11-12(6-10(9)15)18(13(16)17-11)7-8-1-3-19-4-2-8/h5-6,8H,1-4,7H2,(H2,16,17). The summed E-state index contributed by atoms with van der Waals surface area (Å²) in [7, 11) is 0. The minimum absolute atomic E-state index is 0.271. The summed E-state index contributed by atoms with van der Waals surface area (Å²) in [5.41, 5.74) is 7.51. The van der Waals surface area contributed by atoms with Crippen molar-refractivity contribution >= 4 is 44.7 Å². The van der Waals surface area contributed by atoms with Crippen LogP contribution in [0.1, 0.15) is 12.8 Å². The number of imidazole rings is 1. The van der Waals surface area contributed by atoms with Gasteiger partial charge in [-0.15, -0.1) is 0 Å². The summed E-state index contributed by atoms with van der Waals surface area (Å²) in [5.74, 6) is 3.24. The van der Waals surface area contributed by atoms with Crippen molar-refractivity contribution in [2.75, 3.05) is 17.2 Å². The van der Waals surface area contributed by atoms with E-state index in [4.69, 9.17) is 5.73 Å². The molecule has 0 amide bonds. The van der Waals surface area contributed by atoms with E-state index in [9.17, 15) is 4.39 Å². The third kappa shape index (κ3) is 2.60. The van der Waals surface area contributed by atoms with Crippen LogP contribution < -0.4 is 5.73 Å². The summed E-state index contributed by atoms with van der Waals surface area (Å²) in [6, 6.07) is 3.20. The number of nitrogen functional groups attached to an aromatic ring is 1. The highest BCUT2D eigenvalue weighted by molar-refractivity contribution is 9.10. The maximum absolute atomic E-state index is 13.7. The van der Waals surface area contributed by atoms with E-state index in [2.05, 4.69) is 20.9 Å². The van der Waals surface area contributed by atoms with Crippen molar-refractivity contribution in [3.8, 4) is 0 Å². The lowest BCUT2D eigenvalue weighted by Crippen LogP contribution is -2.17. The summed E-state index contributed by atoms with van der Waals surface area (Å²) in [6.07, 6.45) is 2.39. The lowest BCUT2D eigenvalue weighted by Gasteiger charge is -2.22. The van der Waals surface area contributed by atoms with Gasteiger partial charge in [-0.25, -0.2) is 9.37 Å². The lowest BCUT2D eigenvalue weighted by molar-refractivity contribution is 0.425. The summed E-state index contributed by atoms with van der Waals surface area (Å²) >= 11 is 5.18. The fraction of sp³-hybridized carbons (Fsp3) is 0.462. The van der Waals surface area contributed by atoms with Crippen LogP contribution in [-0.4, -0.2) is 21.1 Å². The first-order valence-electron chi connectivity index (χ1n) is 6.33. The van der Waals surface area contributed by atoms with Crippen LogP contribution in [0.25, 0.3) is 11.0 Å². The second kappa shape index (κ2) is 5.32. The quantitative estimate of drug-likeness (QED) is 0.904. The number of aromatic nitrogens is 2. The number of hydrogen-bond acceptors (Lipinski definition) is 3. The molecular formula is C13H15BrFN3S. The summed E-state index contributed by atoms with van der Waals surface area (Å²) < 4.78 is 16.1. The largest absolute Gasteiger partial charge is 0.369 e. The van der Waals surface area contributed by atoms with Crippen LogP contribution >= 0.6 is 27.7 Å². The third-order valence-electron chi connectivity index (χ3n) is 3.60. The molecule has 1 aliphatic rings. The number of benzene rings is 1. The second-order valence-electron chi connectivity index (χ2n) is 4.89. The molecule has 0 aliphatic carbocycles. The number of halogens is 2. The van der Waals surface area contributed by atoms with Gasteiger partial charge in [0.2, 0.25) is 5.95 Å². The maximum Gasteiger partial charge on any atom is 0.201 e. The van der Waals surface area contributed by atoms with Gasteiger partial charge >= 0.3 is 0 Å². The van der Waals surface area contributed by atoms with E-state index < -0.39 is 0 Å². The van der Waals surface area contributed by atoms with Gasteiger partial charge in [0.15, 0.2) is 0 Å². The molecule has 19 heavy (non-hydrogen) atoms. The fourth-order valence-corrected chi connectivity index (χ4v) is 4.05. The van der Waals surface area contributed by atoms with Crippen LogP contribution in [0.3, 0.4) is 0 Å². The second-order valence-corrected chi connectivity index (χ2v) is 6.97. The minimum atomic E-state index is -0.271. The molecule has 0 bridgehead atoms. The Kier molecular flexibility index (Phi) is 3.71. The van der Waals surface area contributed by atoms with E-state index in [1.54, 1.807) is 6.07 Å². The Morgan fingerprint density at radius 3 is 2.89 bits per heavy atom. The predicted molar refractivity (Wildman–Crippen MR) is 81.9 cm³/mol. The molecule has 1 aromatic heterocycles. The van der Waals surface area contributed by atoms with E-state index >= 15 is 0 Å². The number of thioether (sulfide) groups is 1. The van der Waals surface area contributed by atoms with Crippen LogP contribution in [0.4, 0.5) is 10.3 Å². The third-order valence-corrected chi connectivity index (χ3v) is 5.26. The van der Waals surface area contributed by atoms with Gasteiger partial charge in [-0.3, -0.25) is 0 Å². The van der Waals surface area contributed by atoms with Crippen molar-refractivity contribution in [2.24, 2.45) is 5.92 Å². The number of nitrogens with zero attached hydrogens (tertiary/aromatic N) is 2. The zero-order valence-corrected chi connectivity index (χ0v) is 12.8. The molecule has 2 aromatic rings. The van der Waals surface area contributed by atoms with E-state index in [0.29, 0.717) is 16.3 Å². The predicted octanol–water partition coefficient (Wildman–Crippen LogP) is 3.66. The van der Waals surface area contributed by atoms with Gasteiger partial charge in [0.25, 0.3) is 0 Å². The van der Waals surface area contributed by atoms with Gasteiger partial charge in [0.1, 0.15) is 5.82 Å². The number of fused-ring (bicyclic) bond motifs is 1. The molecule has 0 atom stereocenters. The van der Waals surface area contributed by atoms with Crippen LogP contribution in [0.5, 0.6) is 0 Å². The summed E-state index contributed by atoms with van der Waals surface area (Å²) in [6.45, 7) is 0.837. The molecular weight excluding hydrogens is 329 g/mol. The van der Waals surface area contributed by atoms with Crippen molar-refractivity contribution in [1.82, 2.24) is 9.55 Å². The van der Waals surface area contributed by atoms with E-state index in [0.717, 1.165) is 17.6 Å². The molecule has 1 fully saturated rings. The first kappa shape index (κ1) is 13.2. The Labute approximate surface area is 123 Å². The van der Waals surface area contributed by atoms with Crippen LogP contribution in [0.2, 0.25) is 0 Å². The van der Waals surface area contributed by atoms with Crippen molar-refractivity contribution in [1.29, 1.82) is 0 Å². The molecule has 3 nitrogen and oxygen atoms in total.